The van der Waals surface area contributed by atoms with E-state index in [4.69, 9.17) is 0 Å². The molecular weight excluding hydrogens is 304 g/mol. The summed E-state index contributed by atoms with van der Waals surface area (Å²) in [6.45, 7) is 0.285. The van der Waals surface area contributed by atoms with E-state index < -0.39 is 33.5 Å². The zero-order valence-corrected chi connectivity index (χ0v) is 12.2. The van der Waals surface area contributed by atoms with Gasteiger partial charge in [-0.3, -0.25) is 9.69 Å². The van der Waals surface area contributed by atoms with Crippen LogP contribution in [0, 0.1) is 11.6 Å². The Kier molecular flexibility index (Phi) is 4.58. The fourth-order valence-corrected chi connectivity index (χ4v) is 3.76. The van der Waals surface area contributed by atoms with Crippen LogP contribution in [-0.4, -0.2) is 50.5 Å². The zero-order valence-electron chi connectivity index (χ0n) is 11.4. The Morgan fingerprint density at radius 2 is 2.10 bits per heavy atom. The summed E-state index contributed by atoms with van der Waals surface area (Å²) in [6.07, 6.45) is 0. The second kappa shape index (κ2) is 6.07. The lowest BCUT2D eigenvalue weighted by Crippen LogP contribution is -2.52. The molecule has 0 aliphatic carbocycles. The van der Waals surface area contributed by atoms with E-state index in [-0.39, 0.29) is 24.6 Å². The highest BCUT2D eigenvalue weighted by molar-refractivity contribution is 7.91. The molecule has 0 bridgehead atoms. The van der Waals surface area contributed by atoms with E-state index in [1.165, 1.54) is 13.2 Å². The summed E-state index contributed by atoms with van der Waals surface area (Å²) in [4.78, 5) is 13.3. The number of halogens is 2. The van der Waals surface area contributed by atoms with Crippen molar-refractivity contribution in [1.82, 2.24) is 4.90 Å². The SMILES string of the molecule is COC(=O)[C@@H]1CS(=O)(=O)CCN1Cc1ccc(F)c(F)c1. The van der Waals surface area contributed by atoms with E-state index >= 15 is 0 Å². The number of hydrogen-bond donors (Lipinski definition) is 0. The van der Waals surface area contributed by atoms with Gasteiger partial charge in [0.1, 0.15) is 6.04 Å². The van der Waals surface area contributed by atoms with Crippen LogP contribution in [-0.2, 0) is 25.9 Å². The number of nitrogens with zero attached hydrogens (tertiary/aromatic N) is 1. The molecule has 116 valence electrons. The molecule has 1 aromatic rings. The van der Waals surface area contributed by atoms with Gasteiger partial charge in [0.05, 0.1) is 18.6 Å². The second-order valence-corrected chi connectivity index (χ2v) is 7.10. The maximum absolute atomic E-state index is 13.2. The summed E-state index contributed by atoms with van der Waals surface area (Å²) in [6, 6.07) is 2.50. The van der Waals surface area contributed by atoms with Gasteiger partial charge in [0.2, 0.25) is 0 Å². The van der Waals surface area contributed by atoms with Crippen molar-refractivity contribution >= 4 is 15.8 Å². The first-order chi connectivity index (χ1) is 9.82. The molecule has 0 radical (unpaired) electrons. The third kappa shape index (κ3) is 3.76. The molecule has 0 amide bonds. The van der Waals surface area contributed by atoms with Crippen molar-refractivity contribution in [1.29, 1.82) is 0 Å². The van der Waals surface area contributed by atoms with Gasteiger partial charge in [0.25, 0.3) is 0 Å². The van der Waals surface area contributed by atoms with Crippen LogP contribution in [0.1, 0.15) is 5.56 Å². The first-order valence-corrected chi connectivity index (χ1v) is 8.11. The normalized spacial score (nSPS) is 22.0. The van der Waals surface area contributed by atoms with E-state index in [2.05, 4.69) is 4.74 Å². The summed E-state index contributed by atoms with van der Waals surface area (Å²) in [5.41, 5.74) is 0.460. The van der Waals surface area contributed by atoms with Crippen LogP contribution in [0.5, 0.6) is 0 Å². The first kappa shape index (κ1) is 15.8. The fraction of sp³-hybridized carbons (Fsp3) is 0.462. The van der Waals surface area contributed by atoms with E-state index in [1.807, 2.05) is 0 Å². The van der Waals surface area contributed by atoms with Gasteiger partial charge in [-0.2, -0.15) is 0 Å². The van der Waals surface area contributed by atoms with E-state index in [9.17, 15) is 22.0 Å². The monoisotopic (exact) mass is 319 g/mol. The largest absolute Gasteiger partial charge is 0.468 e. The van der Waals surface area contributed by atoms with E-state index in [0.717, 1.165) is 12.1 Å². The lowest BCUT2D eigenvalue weighted by atomic mass is 10.1. The van der Waals surface area contributed by atoms with Crippen LogP contribution in [0.2, 0.25) is 0 Å². The average molecular weight is 319 g/mol. The smallest absolute Gasteiger partial charge is 0.324 e. The molecule has 2 rings (SSSR count). The fourth-order valence-electron chi connectivity index (χ4n) is 2.26. The van der Waals surface area contributed by atoms with E-state index in [0.29, 0.717) is 5.56 Å². The summed E-state index contributed by atoms with van der Waals surface area (Å²) in [5, 5.41) is 0. The van der Waals surface area contributed by atoms with Crippen molar-refractivity contribution in [2.45, 2.75) is 12.6 Å². The number of methoxy groups -OCH3 is 1. The number of rotatable bonds is 3. The summed E-state index contributed by atoms with van der Waals surface area (Å²) in [5.74, 6) is -3.00. The molecule has 0 unspecified atom stereocenters. The number of esters is 1. The molecule has 0 aromatic heterocycles. The lowest BCUT2D eigenvalue weighted by Gasteiger charge is -2.33. The van der Waals surface area contributed by atoms with Gasteiger partial charge in [-0.05, 0) is 17.7 Å². The van der Waals surface area contributed by atoms with Crippen LogP contribution in [0.25, 0.3) is 0 Å². The molecule has 0 spiro atoms. The molecule has 1 aliphatic heterocycles. The number of carbonyl (C=O) groups is 1. The molecular formula is C13H15F2NO4S. The van der Waals surface area contributed by atoms with Gasteiger partial charge in [-0.15, -0.1) is 0 Å². The van der Waals surface area contributed by atoms with Crippen molar-refractivity contribution in [3.8, 4) is 0 Å². The van der Waals surface area contributed by atoms with Crippen molar-refractivity contribution in [3.63, 3.8) is 0 Å². The Balaban J connectivity index is 2.20. The summed E-state index contributed by atoms with van der Waals surface area (Å²) < 4.78 is 54.0. The van der Waals surface area contributed by atoms with Gasteiger partial charge in [-0.25, -0.2) is 17.2 Å². The predicted octanol–water partition coefficient (Wildman–Crippen LogP) is 0.737. The molecule has 0 N–H and O–H groups in total. The lowest BCUT2D eigenvalue weighted by molar-refractivity contribution is -0.146. The Bertz CT molecular complexity index is 648. The Morgan fingerprint density at radius 3 is 2.71 bits per heavy atom. The number of sulfone groups is 1. The first-order valence-electron chi connectivity index (χ1n) is 6.28. The quantitative estimate of drug-likeness (QED) is 0.769. The van der Waals surface area contributed by atoms with Crippen LogP contribution in [0.3, 0.4) is 0 Å². The van der Waals surface area contributed by atoms with Crippen LogP contribution in [0.15, 0.2) is 18.2 Å². The molecule has 5 nitrogen and oxygen atoms in total. The third-order valence-electron chi connectivity index (χ3n) is 3.39. The molecule has 8 heteroatoms. The Morgan fingerprint density at radius 1 is 1.38 bits per heavy atom. The number of benzene rings is 1. The molecule has 1 aromatic carbocycles. The van der Waals surface area contributed by atoms with Crippen LogP contribution >= 0.6 is 0 Å². The highest BCUT2D eigenvalue weighted by atomic mass is 32.2. The van der Waals surface area contributed by atoms with Gasteiger partial charge in [-0.1, -0.05) is 6.07 Å². The van der Waals surface area contributed by atoms with Gasteiger partial charge in [0.15, 0.2) is 21.5 Å². The molecule has 1 heterocycles. The van der Waals surface area contributed by atoms with Crippen molar-refractivity contribution < 1.29 is 26.7 Å². The van der Waals surface area contributed by atoms with Gasteiger partial charge >= 0.3 is 5.97 Å². The minimum Gasteiger partial charge on any atom is -0.468 e. The minimum atomic E-state index is -3.30. The zero-order chi connectivity index (χ0) is 15.6. The number of ether oxygens (including phenoxy) is 1. The van der Waals surface area contributed by atoms with Gasteiger partial charge < -0.3 is 4.74 Å². The van der Waals surface area contributed by atoms with Crippen molar-refractivity contribution in [3.05, 3.63) is 35.4 Å². The van der Waals surface area contributed by atoms with Crippen molar-refractivity contribution in [2.24, 2.45) is 0 Å². The number of carbonyl (C=O) groups excluding carboxylic acids is 1. The predicted molar refractivity (Wildman–Crippen MR) is 71.2 cm³/mol. The topological polar surface area (TPSA) is 63.7 Å². The Hall–Kier alpha value is -1.54. The molecule has 1 saturated heterocycles. The average Bonchev–Trinajstić information content (AvgIpc) is 2.43. The van der Waals surface area contributed by atoms with Crippen LogP contribution in [0.4, 0.5) is 8.78 Å². The van der Waals surface area contributed by atoms with Gasteiger partial charge in [0, 0.05) is 13.1 Å². The number of hydrogen-bond acceptors (Lipinski definition) is 5. The standard InChI is InChI=1S/C13H15F2NO4S/c1-20-13(17)12-8-21(18,19)5-4-16(12)7-9-2-3-10(14)11(15)6-9/h2-3,6,12H,4-5,7-8H2,1H3/t12-/m0/s1. The molecule has 0 saturated carbocycles. The summed E-state index contributed by atoms with van der Waals surface area (Å²) >= 11 is 0. The maximum atomic E-state index is 13.2. The Labute approximate surface area is 121 Å². The molecule has 1 atom stereocenters. The van der Waals surface area contributed by atoms with Crippen molar-refractivity contribution in [2.75, 3.05) is 25.2 Å². The minimum absolute atomic E-state index is 0.0792. The second-order valence-electron chi connectivity index (χ2n) is 4.87. The third-order valence-corrected chi connectivity index (χ3v) is 5.01. The molecule has 21 heavy (non-hydrogen) atoms. The van der Waals surface area contributed by atoms with E-state index in [1.54, 1.807) is 4.90 Å². The molecule has 1 aliphatic rings. The maximum Gasteiger partial charge on any atom is 0.324 e. The highest BCUT2D eigenvalue weighted by Gasteiger charge is 2.36. The highest BCUT2D eigenvalue weighted by Crippen LogP contribution is 2.18. The molecule has 1 fully saturated rings. The summed E-state index contributed by atoms with van der Waals surface area (Å²) in [7, 11) is -2.12. The van der Waals surface area contributed by atoms with Crippen LogP contribution < -0.4 is 0 Å².